The van der Waals surface area contributed by atoms with Gasteiger partial charge in [-0.15, -0.1) is 69.1 Å². The van der Waals surface area contributed by atoms with E-state index in [0.717, 1.165) is 9.52 Å². The van der Waals surface area contributed by atoms with Crippen LogP contribution in [-0.4, -0.2) is 9.52 Å². The fourth-order valence-electron chi connectivity index (χ4n) is 6.55. The van der Waals surface area contributed by atoms with Crippen LogP contribution >= 0.6 is 0 Å². The van der Waals surface area contributed by atoms with E-state index in [2.05, 4.69) is 205 Å². The maximum atomic E-state index is 2.38. The van der Waals surface area contributed by atoms with Crippen molar-refractivity contribution in [3.63, 3.8) is 0 Å². The Morgan fingerprint density at radius 1 is 0.400 bits per heavy atom. The molecule has 2 radical (unpaired) electrons. The third-order valence-corrected chi connectivity index (χ3v) is 9.28. The van der Waals surface area contributed by atoms with E-state index in [1.165, 1.54) is 66.1 Å². The number of benzene rings is 4. The Morgan fingerprint density at radius 2 is 0.700 bits per heavy atom. The first-order chi connectivity index (χ1) is 22.8. The van der Waals surface area contributed by atoms with E-state index < -0.39 is 0 Å². The third-order valence-electron chi connectivity index (χ3n) is 9.28. The van der Waals surface area contributed by atoms with Crippen LogP contribution in [0.15, 0.2) is 109 Å². The summed E-state index contributed by atoms with van der Waals surface area (Å²) in [5, 5.41) is 5.43. The molecular weight excluding hydrogens is 696 g/mol. The second-order valence-electron chi connectivity index (χ2n) is 17.7. The molecule has 0 fully saturated rings. The molecule has 0 aliphatic rings. The van der Waals surface area contributed by atoms with E-state index in [-0.39, 0.29) is 47.9 Å². The van der Waals surface area contributed by atoms with Crippen LogP contribution in [0.2, 0.25) is 13.1 Å². The molecule has 50 heavy (non-hydrogen) atoms. The number of hydrogen-bond donors (Lipinski definition) is 0. The topological polar surface area (TPSA) is 0 Å². The fraction of sp³-hybridized carbons (Fsp3) is 0.375. The van der Waals surface area contributed by atoms with Gasteiger partial charge in [-0.05, 0) is 43.9 Å². The van der Waals surface area contributed by atoms with E-state index in [1.807, 2.05) is 0 Å². The Hall–Kier alpha value is -2.80. The molecule has 6 rings (SSSR count). The Balaban J connectivity index is 0.000000246. The first-order valence-corrected chi connectivity index (χ1v) is 20.0. The first kappa shape index (κ1) is 41.6. The van der Waals surface area contributed by atoms with Crippen LogP contribution in [0.3, 0.4) is 0 Å². The van der Waals surface area contributed by atoms with Gasteiger partial charge >= 0.3 is 26.2 Å². The zero-order valence-corrected chi connectivity index (χ0v) is 36.9. The third kappa shape index (κ3) is 9.74. The van der Waals surface area contributed by atoms with Crippen LogP contribution < -0.4 is 0 Å². The molecule has 0 nitrogen and oxygen atoms in total. The Kier molecular flexibility index (Phi) is 13.5. The summed E-state index contributed by atoms with van der Waals surface area (Å²) in [7, 11) is 1.08. The number of fused-ring (bicyclic) bond motifs is 2. The number of hydrogen-bond acceptors (Lipinski definition) is 0. The van der Waals surface area contributed by atoms with Gasteiger partial charge in [-0.2, -0.15) is 12.1 Å². The van der Waals surface area contributed by atoms with Gasteiger partial charge in [-0.1, -0.05) is 168 Å². The molecule has 6 aromatic rings. The molecule has 0 aliphatic heterocycles. The Bertz CT molecular complexity index is 1840. The van der Waals surface area contributed by atoms with E-state index in [9.17, 15) is 0 Å². The second kappa shape index (κ2) is 16.3. The maximum Gasteiger partial charge on any atom is 2.00 e. The van der Waals surface area contributed by atoms with Crippen molar-refractivity contribution in [1.82, 2.24) is 0 Å². The van der Waals surface area contributed by atoms with E-state index in [4.69, 9.17) is 0 Å². The monoisotopic (exact) mass is 754 g/mol. The molecule has 2 heteroatoms. The molecule has 0 spiro atoms. The van der Waals surface area contributed by atoms with Crippen molar-refractivity contribution in [1.29, 1.82) is 0 Å². The summed E-state index contributed by atoms with van der Waals surface area (Å²) in [6, 6.07) is 40.5. The van der Waals surface area contributed by atoms with Gasteiger partial charge in [0.05, 0.1) is 0 Å². The summed E-state index contributed by atoms with van der Waals surface area (Å²) >= 11 is 0. The molecule has 0 aliphatic carbocycles. The molecule has 0 saturated carbocycles. The smallest absolute Gasteiger partial charge is 0.164 e. The van der Waals surface area contributed by atoms with Crippen LogP contribution in [-0.2, 0) is 47.9 Å². The van der Waals surface area contributed by atoms with Crippen LogP contribution in [0.25, 0.3) is 43.8 Å². The molecular formula is C48H60SiZr. The zero-order valence-electron chi connectivity index (χ0n) is 33.4. The molecule has 0 aromatic heterocycles. The minimum atomic E-state index is 0. The summed E-state index contributed by atoms with van der Waals surface area (Å²) in [4.78, 5) is 0. The van der Waals surface area contributed by atoms with Crippen molar-refractivity contribution in [2.75, 3.05) is 0 Å². The molecule has 0 bridgehead atoms. The van der Waals surface area contributed by atoms with Crippen molar-refractivity contribution in [3.8, 4) is 22.3 Å². The molecule has 0 atom stereocenters. The molecule has 0 heterocycles. The maximum absolute atomic E-state index is 2.38. The average Bonchev–Trinajstić information content (AvgIpc) is 3.66. The predicted octanol–water partition coefficient (Wildman–Crippen LogP) is 14.4. The van der Waals surface area contributed by atoms with Gasteiger partial charge in [0.15, 0.2) is 0 Å². The summed E-state index contributed by atoms with van der Waals surface area (Å²) in [6.07, 6.45) is 0. The van der Waals surface area contributed by atoms with Crippen molar-refractivity contribution >= 4 is 31.1 Å². The predicted molar refractivity (Wildman–Crippen MR) is 222 cm³/mol. The summed E-state index contributed by atoms with van der Waals surface area (Å²) in [5.41, 5.74) is 11.7. The van der Waals surface area contributed by atoms with Crippen LogP contribution in [0.4, 0.5) is 0 Å². The summed E-state index contributed by atoms with van der Waals surface area (Å²) < 4.78 is 0. The van der Waals surface area contributed by atoms with Gasteiger partial charge in [-0.3, -0.25) is 0 Å². The largest absolute Gasteiger partial charge is 2.00 e. The van der Waals surface area contributed by atoms with Crippen LogP contribution in [0.5, 0.6) is 0 Å². The van der Waals surface area contributed by atoms with Crippen molar-refractivity contribution in [2.45, 2.75) is 118 Å². The molecule has 260 valence electrons. The van der Waals surface area contributed by atoms with Gasteiger partial charge in [0.2, 0.25) is 0 Å². The quantitative estimate of drug-likeness (QED) is 0.122. The van der Waals surface area contributed by atoms with Crippen LogP contribution in [0.1, 0.15) is 105 Å². The zero-order chi connectivity index (χ0) is 36.4. The standard InChI is InChI=1S/2C23H27.C2H6Si.Zr/c2*1-22(2,3)17-14-16-10-9-12-18(20(16)15-17)19-11-7-8-13-21(19)23(4,5)6;1-3-2;/h2*7-15H,1-6H3;1-2H3;/q2*-1;;+2. The Morgan fingerprint density at radius 3 is 1.00 bits per heavy atom. The normalized spacial score (nSPS) is 12.1. The molecule has 0 N–H and O–H groups in total. The van der Waals surface area contributed by atoms with Gasteiger partial charge in [-0.25, -0.2) is 0 Å². The first-order valence-electron chi connectivity index (χ1n) is 18.0. The van der Waals surface area contributed by atoms with Crippen molar-refractivity contribution in [3.05, 3.63) is 131 Å². The van der Waals surface area contributed by atoms with Crippen molar-refractivity contribution < 1.29 is 26.2 Å². The van der Waals surface area contributed by atoms with E-state index in [0.29, 0.717) is 0 Å². The minimum absolute atomic E-state index is 0. The fourth-order valence-corrected chi connectivity index (χ4v) is 6.55. The van der Waals surface area contributed by atoms with Gasteiger partial charge in [0.25, 0.3) is 0 Å². The van der Waals surface area contributed by atoms with Crippen LogP contribution in [0, 0.1) is 0 Å². The Labute approximate surface area is 326 Å². The van der Waals surface area contributed by atoms with E-state index in [1.54, 1.807) is 0 Å². The van der Waals surface area contributed by atoms with E-state index >= 15 is 0 Å². The second-order valence-corrected chi connectivity index (χ2v) is 18.7. The van der Waals surface area contributed by atoms with Crippen molar-refractivity contribution in [2.24, 2.45) is 0 Å². The minimum Gasteiger partial charge on any atom is -0.164 e. The van der Waals surface area contributed by atoms with Gasteiger partial charge in [0, 0.05) is 9.52 Å². The molecule has 6 aromatic carbocycles. The number of rotatable bonds is 2. The summed E-state index contributed by atoms with van der Waals surface area (Å²) in [5.74, 6) is 0. The SMILES string of the molecule is CC(C)(C)c1cc2c(-c3ccccc3C(C)(C)C)cccc2[cH-]1.CC(C)(C)c1cc2c(-c3ccccc3C(C)(C)C)cccc2[cH-]1.C[Si]C.[Zr+2]. The molecule has 0 saturated heterocycles. The van der Waals surface area contributed by atoms with Gasteiger partial charge in [0.1, 0.15) is 0 Å². The molecule has 0 unspecified atom stereocenters. The summed E-state index contributed by atoms with van der Waals surface area (Å²) in [6.45, 7) is 31.7. The van der Waals surface area contributed by atoms with Gasteiger partial charge < -0.3 is 0 Å². The molecule has 0 amide bonds. The average molecular weight is 756 g/mol.